The summed E-state index contributed by atoms with van der Waals surface area (Å²) in [6.45, 7) is 2.35. The number of benzene rings is 1. The predicted molar refractivity (Wildman–Crippen MR) is 64.0 cm³/mol. The lowest BCUT2D eigenvalue weighted by Crippen LogP contribution is -2.13. The first kappa shape index (κ1) is 11.6. The maximum atomic E-state index is 14.2. The molecule has 1 saturated heterocycles. The van der Waals surface area contributed by atoms with E-state index in [0.717, 1.165) is 37.1 Å². The number of hydrogen-bond acceptors (Lipinski definition) is 2. The van der Waals surface area contributed by atoms with E-state index in [0.29, 0.717) is 6.54 Å². The average Bonchev–Trinajstić information content (AvgIpc) is 2.82. The molecule has 0 bridgehead atoms. The second-order valence-electron chi connectivity index (χ2n) is 4.44. The molecule has 0 spiro atoms. The van der Waals surface area contributed by atoms with Crippen molar-refractivity contribution in [1.82, 2.24) is 5.32 Å². The van der Waals surface area contributed by atoms with E-state index in [2.05, 4.69) is 5.32 Å². The smallest absolute Gasteiger partial charge is 0.129 e. The fourth-order valence-electron chi connectivity index (χ4n) is 2.29. The molecule has 1 aromatic carbocycles. The Bertz CT molecular complexity index is 334. The van der Waals surface area contributed by atoms with Crippen LogP contribution in [0, 0.1) is 5.92 Å². The van der Waals surface area contributed by atoms with Gasteiger partial charge in [0.25, 0.3) is 0 Å². The molecule has 3 N–H and O–H groups in total. The second-order valence-corrected chi connectivity index (χ2v) is 4.44. The van der Waals surface area contributed by atoms with Crippen molar-refractivity contribution < 1.29 is 4.39 Å². The third kappa shape index (κ3) is 2.60. The molecular weight excluding hydrogens is 203 g/mol. The lowest BCUT2D eigenvalue weighted by atomic mass is 9.95. The van der Waals surface area contributed by atoms with E-state index in [9.17, 15) is 4.39 Å². The van der Waals surface area contributed by atoms with Crippen LogP contribution in [0.5, 0.6) is 0 Å². The quantitative estimate of drug-likeness (QED) is 0.815. The van der Waals surface area contributed by atoms with Gasteiger partial charge < -0.3 is 11.1 Å². The van der Waals surface area contributed by atoms with Crippen LogP contribution in [0.1, 0.15) is 23.7 Å². The van der Waals surface area contributed by atoms with Gasteiger partial charge in [-0.2, -0.15) is 0 Å². The first-order valence-electron chi connectivity index (χ1n) is 5.95. The van der Waals surface area contributed by atoms with Crippen LogP contribution in [0.3, 0.4) is 0 Å². The standard InChI is InChI=1S/C13H19FN2/c14-13(12-5-7-16-9-12)11-3-1-2-10(8-11)4-6-15/h1-3,8,12-13,16H,4-7,9,15H2. The predicted octanol–water partition coefficient (Wildman–Crippen LogP) is 1.81. The van der Waals surface area contributed by atoms with Gasteiger partial charge in [-0.1, -0.05) is 24.3 Å². The summed E-state index contributed by atoms with van der Waals surface area (Å²) in [5.74, 6) is 0.133. The third-order valence-corrected chi connectivity index (χ3v) is 3.21. The molecule has 0 amide bonds. The Kier molecular flexibility index (Phi) is 3.91. The van der Waals surface area contributed by atoms with Crippen molar-refractivity contribution in [3.63, 3.8) is 0 Å². The van der Waals surface area contributed by atoms with Crippen LogP contribution in [0.4, 0.5) is 4.39 Å². The Morgan fingerprint density at radius 1 is 1.50 bits per heavy atom. The Morgan fingerprint density at radius 2 is 2.38 bits per heavy atom. The third-order valence-electron chi connectivity index (χ3n) is 3.21. The monoisotopic (exact) mass is 222 g/mol. The fourth-order valence-corrected chi connectivity index (χ4v) is 2.29. The minimum atomic E-state index is -0.840. The van der Waals surface area contributed by atoms with E-state index in [4.69, 9.17) is 5.73 Å². The van der Waals surface area contributed by atoms with E-state index in [1.54, 1.807) is 0 Å². The molecule has 0 saturated carbocycles. The van der Waals surface area contributed by atoms with Crippen molar-refractivity contribution in [3.8, 4) is 0 Å². The van der Waals surface area contributed by atoms with Crippen molar-refractivity contribution in [2.45, 2.75) is 19.0 Å². The first-order chi connectivity index (χ1) is 7.81. The fraction of sp³-hybridized carbons (Fsp3) is 0.538. The highest BCUT2D eigenvalue weighted by Crippen LogP contribution is 2.30. The van der Waals surface area contributed by atoms with Crippen LogP contribution in [0.15, 0.2) is 24.3 Å². The van der Waals surface area contributed by atoms with Gasteiger partial charge >= 0.3 is 0 Å². The zero-order chi connectivity index (χ0) is 11.4. The van der Waals surface area contributed by atoms with Gasteiger partial charge in [0.2, 0.25) is 0 Å². The van der Waals surface area contributed by atoms with Gasteiger partial charge in [0.15, 0.2) is 0 Å². The molecule has 3 heteroatoms. The Balaban J connectivity index is 2.09. The summed E-state index contributed by atoms with van der Waals surface area (Å²) in [7, 11) is 0. The van der Waals surface area contributed by atoms with Crippen molar-refractivity contribution in [1.29, 1.82) is 0 Å². The number of hydrogen-bond donors (Lipinski definition) is 2. The van der Waals surface area contributed by atoms with E-state index < -0.39 is 6.17 Å². The second kappa shape index (κ2) is 5.41. The summed E-state index contributed by atoms with van der Waals surface area (Å²) < 4.78 is 14.2. The summed E-state index contributed by atoms with van der Waals surface area (Å²) in [6, 6.07) is 7.77. The van der Waals surface area contributed by atoms with Crippen molar-refractivity contribution in [2.24, 2.45) is 11.7 Å². The van der Waals surface area contributed by atoms with E-state index >= 15 is 0 Å². The molecule has 2 nitrogen and oxygen atoms in total. The van der Waals surface area contributed by atoms with Crippen LogP contribution in [0.25, 0.3) is 0 Å². The maximum absolute atomic E-state index is 14.2. The van der Waals surface area contributed by atoms with Crippen LogP contribution in [-0.4, -0.2) is 19.6 Å². The number of halogens is 1. The molecular formula is C13H19FN2. The van der Waals surface area contributed by atoms with Gasteiger partial charge in [0, 0.05) is 12.5 Å². The molecule has 0 aromatic heterocycles. The molecule has 1 aliphatic rings. The molecule has 1 heterocycles. The summed E-state index contributed by atoms with van der Waals surface area (Å²) in [5.41, 5.74) is 7.44. The topological polar surface area (TPSA) is 38.0 Å². The summed E-state index contributed by atoms with van der Waals surface area (Å²) in [4.78, 5) is 0. The van der Waals surface area contributed by atoms with Crippen molar-refractivity contribution in [2.75, 3.05) is 19.6 Å². The van der Waals surface area contributed by atoms with Gasteiger partial charge in [-0.25, -0.2) is 4.39 Å². The Labute approximate surface area is 96.0 Å². The zero-order valence-corrected chi connectivity index (χ0v) is 9.45. The molecule has 2 rings (SSSR count). The van der Waals surface area contributed by atoms with Gasteiger partial charge in [0.1, 0.15) is 6.17 Å². The summed E-state index contributed by atoms with van der Waals surface area (Å²) in [5, 5.41) is 3.20. The van der Waals surface area contributed by atoms with Crippen molar-refractivity contribution in [3.05, 3.63) is 35.4 Å². The molecule has 2 unspecified atom stereocenters. The van der Waals surface area contributed by atoms with E-state index in [1.807, 2.05) is 24.3 Å². The largest absolute Gasteiger partial charge is 0.330 e. The van der Waals surface area contributed by atoms with Crippen LogP contribution in [0.2, 0.25) is 0 Å². The molecule has 0 radical (unpaired) electrons. The number of alkyl halides is 1. The summed E-state index contributed by atoms with van der Waals surface area (Å²) >= 11 is 0. The van der Waals surface area contributed by atoms with E-state index in [1.165, 1.54) is 0 Å². The lowest BCUT2D eigenvalue weighted by molar-refractivity contribution is 0.246. The summed E-state index contributed by atoms with van der Waals surface area (Å²) in [6.07, 6.45) is 0.916. The number of nitrogens with one attached hydrogen (secondary N) is 1. The molecule has 1 aromatic rings. The lowest BCUT2D eigenvalue weighted by Gasteiger charge is -2.15. The molecule has 0 aliphatic carbocycles. The first-order valence-corrected chi connectivity index (χ1v) is 5.95. The highest BCUT2D eigenvalue weighted by Gasteiger charge is 2.25. The van der Waals surface area contributed by atoms with Crippen molar-refractivity contribution >= 4 is 0 Å². The molecule has 2 atom stereocenters. The molecule has 1 fully saturated rings. The maximum Gasteiger partial charge on any atom is 0.129 e. The molecule has 1 aliphatic heterocycles. The SMILES string of the molecule is NCCc1cccc(C(F)C2CCNC2)c1. The Morgan fingerprint density at radius 3 is 3.06 bits per heavy atom. The Hall–Kier alpha value is -0.930. The van der Waals surface area contributed by atoms with Crippen LogP contribution in [-0.2, 0) is 6.42 Å². The van der Waals surface area contributed by atoms with Gasteiger partial charge in [-0.05, 0) is 37.1 Å². The highest BCUT2D eigenvalue weighted by atomic mass is 19.1. The highest BCUT2D eigenvalue weighted by molar-refractivity contribution is 5.26. The normalized spacial score (nSPS) is 22.2. The molecule has 88 valence electrons. The minimum Gasteiger partial charge on any atom is -0.330 e. The van der Waals surface area contributed by atoms with Gasteiger partial charge in [-0.15, -0.1) is 0 Å². The average molecular weight is 222 g/mol. The van der Waals surface area contributed by atoms with E-state index in [-0.39, 0.29) is 5.92 Å². The molecule has 16 heavy (non-hydrogen) atoms. The van der Waals surface area contributed by atoms with Crippen LogP contribution >= 0.6 is 0 Å². The zero-order valence-electron chi connectivity index (χ0n) is 9.45. The van der Waals surface area contributed by atoms with Gasteiger partial charge in [0.05, 0.1) is 0 Å². The van der Waals surface area contributed by atoms with Gasteiger partial charge in [-0.3, -0.25) is 0 Å². The number of nitrogens with two attached hydrogens (primary N) is 1. The van der Waals surface area contributed by atoms with Crippen LogP contribution < -0.4 is 11.1 Å². The number of rotatable bonds is 4. The minimum absolute atomic E-state index is 0.133.